The van der Waals surface area contributed by atoms with Crippen molar-refractivity contribution in [3.8, 4) is 5.75 Å². The molecule has 1 heterocycles. The van der Waals surface area contributed by atoms with E-state index in [-0.39, 0.29) is 0 Å². The number of ether oxygens (including phenoxy) is 1. The molecule has 0 saturated heterocycles. The van der Waals surface area contributed by atoms with Crippen molar-refractivity contribution >= 4 is 17.3 Å². The van der Waals surface area contributed by atoms with Crippen molar-refractivity contribution in [2.75, 3.05) is 11.9 Å². The lowest BCUT2D eigenvalue weighted by Crippen LogP contribution is -2.01. The molecule has 1 aromatic carbocycles. The molecule has 1 N–H and O–H groups in total. The molecule has 19 heavy (non-hydrogen) atoms. The molecule has 0 bridgehead atoms. The number of hydrogen-bond donors (Lipinski definition) is 1. The van der Waals surface area contributed by atoms with E-state index in [1.165, 1.54) is 0 Å². The quantitative estimate of drug-likeness (QED) is 0.806. The third-order valence-electron chi connectivity index (χ3n) is 2.61. The normalized spacial score (nSPS) is 10.2. The summed E-state index contributed by atoms with van der Waals surface area (Å²) in [4.78, 5) is 4.03. The van der Waals surface area contributed by atoms with Crippen molar-refractivity contribution in [2.24, 2.45) is 0 Å². The Morgan fingerprint density at radius 1 is 1.26 bits per heavy atom. The molecule has 4 heteroatoms. The Hall–Kier alpha value is -1.74. The molecule has 0 aliphatic carbocycles. The van der Waals surface area contributed by atoms with Gasteiger partial charge in [-0.3, -0.25) is 0 Å². The highest BCUT2D eigenvalue weighted by Gasteiger charge is 2.01. The summed E-state index contributed by atoms with van der Waals surface area (Å²) in [5.74, 6) is 0.901. The number of aromatic nitrogens is 1. The van der Waals surface area contributed by atoms with E-state index in [4.69, 9.17) is 16.3 Å². The summed E-state index contributed by atoms with van der Waals surface area (Å²) < 4.78 is 5.61. The molecule has 0 spiro atoms. The predicted molar refractivity (Wildman–Crippen MR) is 78.8 cm³/mol. The van der Waals surface area contributed by atoms with Crippen LogP contribution in [0.25, 0.3) is 0 Å². The molecule has 2 rings (SSSR count). The highest BCUT2D eigenvalue weighted by molar-refractivity contribution is 6.31. The molecule has 0 aliphatic rings. The van der Waals surface area contributed by atoms with Crippen LogP contribution in [-0.4, -0.2) is 11.6 Å². The topological polar surface area (TPSA) is 34.1 Å². The van der Waals surface area contributed by atoms with Crippen LogP contribution in [0.5, 0.6) is 5.75 Å². The van der Waals surface area contributed by atoms with Crippen LogP contribution in [-0.2, 0) is 6.54 Å². The van der Waals surface area contributed by atoms with E-state index in [2.05, 4.69) is 23.3 Å². The van der Waals surface area contributed by atoms with Crippen molar-refractivity contribution in [2.45, 2.75) is 19.9 Å². The smallest absolute Gasteiger partial charge is 0.152 e. The number of benzene rings is 1. The third kappa shape index (κ3) is 4.14. The van der Waals surface area contributed by atoms with Crippen LogP contribution in [0, 0.1) is 0 Å². The monoisotopic (exact) mass is 276 g/mol. The largest absolute Gasteiger partial charge is 0.494 e. The average molecular weight is 277 g/mol. The SMILES string of the molecule is CCCOc1cccc(CNc2cccnc2Cl)c1. The molecule has 100 valence electrons. The van der Waals surface area contributed by atoms with Crippen molar-refractivity contribution in [1.29, 1.82) is 0 Å². The Balaban J connectivity index is 1.98. The van der Waals surface area contributed by atoms with E-state index in [0.29, 0.717) is 11.7 Å². The summed E-state index contributed by atoms with van der Waals surface area (Å²) in [5, 5.41) is 3.75. The summed E-state index contributed by atoms with van der Waals surface area (Å²) in [6.45, 7) is 3.52. The number of rotatable bonds is 6. The average Bonchev–Trinajstić information content (AvgIpc) is 2.45. The Labute approximate surface area is 118 Å². The molecule has 0 aliphatic heterocycles. The Kier molecular flexibility index (Phi) is 5.04. The first kappa shape index (κ1) is 13.7. The van der Waals surface area contributed by atoms with Gasteiger partial charge in [0.2, 0.25) is 0 Å². The lowest BCUT2D eigenvalue weighted by atomic mass is 10.2. The van der Waals surface area contributed by atoms with Crippen molar-refractivity contribution < 1.29 is 4.74 Å². The van der Waals surface area contributed by atoms with Gasteiger partial charge in [-0.15, -0.1) is 0 Å². The Morgan fingerprint density at radius 3 is 2.95 bits per heavy atom. The lowest BCUT2D eigenvalue weighted by molar-refractivity contribution is 0.317. The summed E-state index contributed by atoms with van der Waals surface area (Å²) in [6.07, 6.45) is 2.68. The highest BCUT2D eigenvalue weighted by Crippen LogP contribution is 2.19. The molecule has 0 radical (unpaired) electrons. The molecule has 1 aromatic heterocycles. The Morgan fingerprint density at radius 2 is 2.16 bits per heavy atom. The minimum absolute atomic E-state index is 0.487. The van der Waals surface area contributed by atoms with Crippen LogP contribution in [0.4, 0.5) is 5.69 Å². The van der Waals surface area contributed by atoms with Crippen LogP contribution in [0.1, 0.15) is 18.9 Å². The number of hydrogen-bond acceptors (Lipinski definition) is 3. The van der Waals surface area contributed by atoms with Gasteiger partial charge in [-0.25, -0.2) is 4.98 Å². The lowest BCUT2D eigenvalue weighted by Gasteiger charge is -2.09. The van der Waals surface area contributed by atoms with E-state index in [1.807, 2.05) is 30.3 Å². The van der Waals surface area contributed by atoms with Crippen LogP contribution in [0.3, 0.4) is 0 Å². The fourth-order valence-corrected chi connectivity index (χ4v) is 1.87. The van der Waals surface area contributed by atoms with Gasteiger partial charge in [-0.1, -0.05) is 30.7 Å². The van der Waals surface area contributed by atoms with Gasteiger partial charge in [0.25, 0.3) is 0 Å². The second kappa shape index (κ2) is 7.00. The number of nitrogens with zero attached hydrogens (tertiary/aromatic N) is 1. The van der Waals surface area contributed by atoms with Crippen LogP contribution in [0.2, 0.25) is 5.15 Å². The van der Waals surface area contributed by atoms with Crippen LogP contribution in [0.15, 0.2) is 42.6 Å². The first-order chi connectivity index (χ1) is 9.29. The molecule has 0 unspecified atom stereocenters. The van der Waals surface area contributed by atoms with Gasteiger partial charge in [-0.2, -0.15) is 0 Å². The fraction of sp³-hybridized carbons (Fsp3) is 0.267. The highest BCUT2D eigenvalue weighted by atomic mass is 35.5. The summed E-state index contributed by atoms with van der Waals surface area (Å²) in [6, 6.07) is 11.8. The van der Waals surface area contributed by atoms with E-state index >= 15 is 0 Å². The second-order valence-corrected chi connectivity index (χ2v) is 4.55. The zero-order chi connectivity index (χ0) is 13.5. The first-order valence-electron chi connectivity index (χ1n) is 6.35. The number of nitrogens with one attached hydrogen (secondary N) is 1. The first-order valence-corrected chi connectivity index (χ1v) is 6.73. The van der Waals surface area contributed by atoms with Gasteiger partial charge in [0.05, 0.1) is 12.3 Å². The van der Waals surface area contributed by atoms with Gasteiger partial charge >= 0.3 is 0 Å². The molecule has 0 atom stereocenters. The van der Waals surface area contributed by atoms with Gasteiger partial charge in [-0.05, 0) is 36.2 Å². The van der Waals surface area contributed by atoms with Gasteiger partial charge in [0.15, 0.2) is 5.15 Å². The van der Waals surface area contributed by atoms with E-state index in [1.54, 1.807) is 6.20 Å². The zero-order valence-corrected chi connectivity index (χ0v) is 11.7. The summed E-state index contributed by atoms with van der Waals surface area (Å²) >= 11 is 5.99. The summed E-state index contributed by atoms with van der Waals surface area (Å²) in [7, 11) is 0. The molecule has 0 fully saturated rings. The van der Waals surface area contributed by atoms with Crippen molar-refractivity contribution in [3.63, 3.8) is 0 Å². The molecular formula is C15H17ClN2O. The maximum absolute atomic E-state index is 5.99. The van der Waals surface area contributed by atoms with Crippen LogP contribution >= 0.6 is 11.6 Å². The van der Waals surface area contributed by atoms with Crippen molar-refractivity contribution in [1.82, 2.24) is 4.98 Å². The summed E-state index contributed by atoms with van der Waals surface area (Å²) in [5.41, 5.74) is 1.98. The molecular weight excluding hydrogens is 260 g/mol. The minimum atomic E-state index is 0.487. The molecule has 3 nitrogen and oxygen atoms in total. The maximum atomic E-state index is 5.99. The second-order valence-electron chi connectivity index (χ2n) is 4.19. The van der Waals surface area contributed by atoms with Gasteiger partial charge in [0.1, 0.15) is 5.75 Å². The van der Waals surface area contributed by atoms with Gasteiger partial charge < -0.3 is 10.1 Å². The van der Waals surface area contributed by atoms with E-state index in [0.717, 1.165) is 30.0 Å². The predicted octanol–water partition coefficient (Wildman–Crippen LogP) is 4.14. The molecule has 0 saturated carbocycles. The minimum Gasteiger partial charge on any atom is -0.494 e. The van der Waals surface area contributed by atoms with E-state index < -0.39 is 0 Å². The fourth-order valence-electron chi connectivity index (χ4n) is 1.68. The standard InChI is InChI=1S/C15H17ClN2O/c1-2-9-19-13-6-3-5-12(10-13)11-18-14-7-4-8-17-15(14)16/h3-8,10,18H,2,9,11H2,1H3. The molecule has 2 aromatic rings. The number of pyridine rings is 1. The molecule has 0 amide bonds. The Bertz CT molecular complexity index is 531. The van der Waals surface area contributed by atoms with E-state index in [9.17, 15) is 0 Å². The third-order valence-corrected chi connectivity index (χ3v) is 2.91. The number of anilines is 1. The van der Waals surface area contributed by atoms with Gasteiger partial charge in [0, 0.05) is 12.7 Å². The van der Waals surface area contributed by atoms with Crippen LogP contribution < -0.4 is 10.1 Å². The van der Waals surface area contributed by atoms with Crippen molar-refractivity contribution in [3.05, 3.63) is 53.3 Å². The number of halogens is 1. The maximum Gasteiger partial charge on any atom is 0.152 e. The zero-order valence-electron chi connectivity index (χ0n) is 10.9.